The van der Waals surface area contributed by atoms with Crippen LogP contribution in [-0.2, 0) is 11.2 Å². The Bertz CT molecular complexity index is 777. The van der Waals surface area contributed by atoms with Crippen LogP contribution in [0, 0.1) is 5.41 Å². The minimum Gasteiger partial charge on any atom is -0.481 e. The lowest BCUT2D eigenvalue weighted by Gasteiger charge is -2.20. The van der Waals surface area contributed by atoms with Crippen LogP contribution in [0.25, 0.3) is 10.9 Å². The first-order valence-corrected chi connectivity index (χ1v) is 8.09. The van der Waals surface area contributed by atoms with Gasteiger partial charge in [0.15, 0.2) is 0 Å². The molecule has 24 heavy (non-hydrogen) atoms. The van der Waals surface area contributed by atoms with E-state index in [1.807, 2.05) is 36.4 Å². The Morgan fingerprint density at radius 1 is 1.29 bits per heavy atom. The van der Waals surface area contributed by atoms with Gasteiger partial charge < -0.3 is 15.3 Å². The molecule has 2 amide bonds. The van der Waals surface area contributed by atoms with Gasteiger partial charge in [-0.3, -0.25) is 9.78 Å². The summed E-state index contributed by atoms with van der Waals surface area (Å²) >= 11 is 0. The van der Waals surface area contributed by atoms with Gasteiger partial charge in [0.05, 0.1) is 10.9 Å². The van der Waals surface area contributed by atoms with Gasteiger partial charge in [0.25, 0.3) is 0 Å². The third-order valence-corrected chi connectivity index (χ3v) is 4.59. The highest BCUT2D eigenvalue weighted by Crippen LogP contribution is 2.29. The Labute approximate surface area is 140 Å². The van der Waals surface area contributed by atoms with Gasteiger partial charge in [0.2, 0.25) is 0 Å². The number of carboxylic acid groups (broad SMARTS) is 1. The molecule has 1 fully saturated rings. The van der Waals surface area contributed by atoms with Gasteiger partial charge in [-0.1, -0.05) is 24.3 Å². The van der Waals surface area contributed by atoms with Crippen LogP contribution in [0.2, 0.25) is 0 Å². The van der Waals surface area contributed by atoms with E-state index in [4.69, 9.17) is 0 Å². The Morgan fingerprint density at radius 3 is 2.83 bits per heavy atom. The highest BCUT2D eigenvalue weighted by molar-refractivity contribution is 5.80. The van der Waals surface area contributed by atoms with Gasteiger partial charge in [-0.25, -0.2) is 4.79 Å². The molecule has 2 N–H and O–H groups in total. The lowest BCUT2D eigenvalue weighted by molar-refractivity contribution is -0.146. The number of nitrogens with one attached hydrogen (secondary N) is 1. The Kier molecular flexibility index (Phi) is 4.38. The van der Waals surface area contributed by atoms with Gasteiger partial charge in [-0.2, -0.15) is 0 Å². The van der Waals surface area contributed by atoms with E-state index in [9.17, 15) is 14.7 Å². The lowest BCUT2D eigenvalue weighted by Crippen LogP contribution is -2.41. The van der Waals surface area contributed by atoms with Crippen molar-refractivity contribution in [3.8, 4) is 0 Å². The normalized spacial score (nSPS) is 20.3. The molecule has 0 spiro atoms. The summed E-state index contributed by atoms with van der Waals surface area (Å²) in [4.78, 5) is 29.5. The first-order chi connectivity index (χ1) is 11.5. The van der Waals surface area contributed by atoms with Crippen molar-refractivity contribution in [2.75, 3.05) is 19.6 Å². The van der Waals surface area contributed by atoms with Crippen LogP contribution in [-0.4, -0.2) is 46.6 Å². The first-order valence-electron chi connectivity index (χ1n) is 8.09. The van der Waals surface area contributed by atoms with Gasteiger partial charge in [0.1, 0.15) is 0 Å². The molecule has 6 heteroatoms. The second-order valence-electron chi connectivity index (χ2n) is 6.51. The molecule has 1 unspecified atom stereocenters. The molecule has 1 atom stereocenters. The number of fused-ring (bicyclic) bond motifs is 1. The number of amides is 2. The number of para-hydroxylation sites is 1. The Morgan fingerprint density at radius 2 is 2.08 bits per heavy atom. The molecule has 0 aliphatic carbocycles. The number of hydrogen-bond acceptors (Lipinski definition) is 3. The number of aromatic nitrogens is 1. The third kappa shape index (κ3) is 3.32. The maximum Gasteiger partial charge on any atom is 0.317 e. The molecule has 2 heterocycles. The second kappa shape index (κ2) is 6.47. The molecule has 1 aromatic heterocycles. The van der Waals surface area contributed by atoms with Crippen molar-refractivity contribution in [2.24, 2.45) is 5.41 Å². The Hall–Kier alpha value is -2.63. The molecule has 2 aromatic rings. The van der Waals surface area contributed by atoms with Gasteiger partial charge >= 0.3 is 12.0 Å². The summed E-state index contributed by atoms with van der Waals surface area (Å²) in [6.07, 6.45) is 1.13. The van der Waals surface area contributed by atoms with Crippen molar-refractivity contribution >= 4 is 22.9 Å². The van der Waals surface area contributed by atoms with Gasteiger partial charge in [-0.05, 0) is 25.5 Å². The van der Waals surface area contributed by atoms with Crippen LogP contribution in [0.5, 0.6) is 0 Å². The van der Waals surface area contributed by atoms with E-state index in [-0.39, 0.29) is 12.6 Å². The summed E-state index contributed by atoms with van der Waals surface area (Å²) < 4.78 is 0. The average molecular weight is 327 g/mol. The maximum absolute atomic E-state index is 12.2. The fraction of sp³-hybridized carbons (Fsp3) is 0.389. The standard InChI is InChI=1S/C18H21N3O3/c1-18(16(22)23)9-11-21(12-18)17(24)19-10-8-14-7-6-13-4-2-3-5-15(13)20-14/h2-7H,8-12H2,1H3,(H,19,24)(H,22,23). The summed E-state index contributed by atoms with van der Waals surface area (Å²) in [5.41, 5.74) is 1.03. The van der Waals surface area contributed by atoms with Crippen LogP contribution in [0.3, 0.4) is 0 Å². The fourth-order valence-corrected chi connectivity index (χ4v) is 2.97. The molecule has 3 rings (SSSR count). The lowest BCUT2D eigenvalue weighted by atomic mass is 9.90. The number of aliphatic carboxylic acids is 1. The van der Waals surface area contributed by atoms with E-state index in [1.54, 1.807) is 11.8 Å². The van der Waals surface area contributed by atoms with E-state index in [0.29, 0.717) is 25.9 Å². The highest BCUT2D eigenvalue weighted by Gasteiger charge is 2.42. The number of carboxylic acids is 1. The second-order valence-corrected chi connectivity index (χ2v) is 6.51. The largest absolute Gasteiger partial charge is 0.481 e. The zero-order valence-electron chi connectivity index (χ0n) is 13.7. The molecule has 6 nitrogen and oxygen atoms in total. The number of urea groups is 1. The van der Waals surface area contributed by atoms with Crippen LogP contribution in [0.4, 0.5) is 4.79 Å². The third-order valence-electron chi connectivity index (χ3n) is 4.59. The van der Waals surface area contributed by atoms with Crippen LogP contribution in [0.1, 0.15) is 19.0 Å². The van der Waals surface area contributed by atoms with Crippen LogP contribution < -0.4 is 5.32 Å². The number of pyridine rings is 1. The van der Waals surface area contributed by atoms with Crippen molar-refractivity contribution in [1.82, 2.24) is 15.2 Å². The predicted octanol–water partition coefficient (Wildman–Crippen LogP) is 2.28. The number of hydrogen-bond donors (Lipinski definition) is 2. The van der Waals surface area contributed by atoms with Crippen molar-refractivity contribution in [3.63, 3.8) is 0 Å². The summed E-state index contributed by atoms with van der Waals surface area (Å²) in [5.74, 6) is -0.849. The minimum atomic E-state index is -0.849. The summed E-state index contributed by atoms with van der Waals surface area (Å²) in [6, 6.07) is 11.7. The summed E-state index contributed by atoms with van der Waals surface area (Å²) in [7, 11) is 0. The zero-order valence-corrected chi connectivity index (χ0v) is 13.7. The molecular weight excluding hydrogens is 306 g/mol. The topological polar surface area (TPSA) is 82.5 Å². The minimum absolute atomic E-state index is 0.208. The van der Waals surface area contributed by atoms with Crippen molar-refractivity contribution in [1.29, 1.82) is 0 Å². The number of likely N-dealkylation sites (tertiary alicyclic amines) is 1. The van der Waals surface area contributed by atoms with Crippen molar-refractivity contribution in [3.05, 3.63) is 42.1 Å². The number of rotatable bonds is 4. The number of nitrogens with zero attached hydrogens (tertiary/aromatic N) is 2. The number of carbonyl (C=O) groups is 2. The van der Waals surface area contributed by atoms with E-state index in [2.05, 4.69) is 10.3 Å². The fourth-order valence-electron chi connectivity index (χ4n) is 2.97. The molecule has 1 aliphatic heterocycles. The van der Waals surface area contributed by atoms with Crippen molar-refractivity contribution < 1.29 is 14.7 Å². The number of carbonyl (C=O) groups excluding carboxylic acids is 1. The zero-order chi connectivity index (χ0) is 17.2. The van der Waals surface area contributed by atoms with E-state index < -0.39 is 11.4 Å². The number of benzene rings is 1. The molecule has 0 saturated carbocycles. The van der Waals surface area contributed by atoms with E-state index >= 15 is 0 Å². The average Bonchev–Trinajstić information content (AvgIpc) is 2.99. The quantitative estimate of drug-likeness (QED) is 0.902. The smallest absolute Gasteiger partial charge is 0.317 e. The van der Waals surface area contributed by atoms with Crippen LogP contribution >= 0.6 is 0 Å². The van der Waals surface area contributed by atoms with Gasteiger partial charge in [0, 0.05) is 37.1 Å². The maximum atomic E-state index is 12.2. The first kappa shape index (κ1) is 16.2. The molecule has 0 radical (unpaired) electrons. The van der Waals surface area contributed by atoms with Crippen LogP contribution in [0.15, 0.2) is 36.4 Å². The summed E-state index contributed by atoms with van der Waals surface area (Å²) in [5, 5.41) is 13.2. The molecule has 1 aliphatic rings. The van der Waals surface area contributed by atoms with Crippen molar-refractivity contribution in [2.45, 2.75) is 19.8 Å². The highest BCUT2D eigenvalue weighted by atomic mass is 16.4. The molecular formula is C18H21N3O3. The molecule has 0 bridgehead atoms. The SMILES string of the molecule is CC1(C(=O)O)CCN(C(=O)NCCc2ccc3ccccc3n2)C1. The van der Waals surface area contributed by atoms with E-state index in [1.165, 1.54) is 0 Å². The molecule has 126 valence electrons. The Balaban J connectivity index is 1.52. The molecule has 1 aromatic carbocycles. The summed E-state index contributed by atoms with van der Waals surface area (Å²) in [6.45, 7) is 2.89. The predicted molar refractivity (Wildman–Crippen MR) is 90.8 cm³/mol. The monoisotopic (exact) mass is 327 g/mol. The van der Waals surface area contributed by atoms with Gasteiger partial charge in [-0.15, -0.1) is 0 Å². The molecule has 1 saturated heterocycles. The van der Waals surface area contributed by atoms with E-state index in [0.717, 1.165) is 16.6 Å².